The molecule has 2 saturated heterocycles. The number of hydrogen-bond donors (Lipinski definition) is 1. The van der Waals surface area contributed by atoms with E-state index in [2.05, 4.69) is 10.4 Å². The van der Waals surface area contributed by atoms with Crippen molar-refractivity contribution in [2.75, 3.05) is 39.8 Å². The van der Waals surface area contributed by atoms with E-state index in [-0.39, 0.29) is 23.7 Å². The number of aryl methyl sites for hydroxylation is 2. The molecule has 144 valence electrons. The molecular weight excluding hydrogens is 330 g/mol. The quantitative estimate of drug-likeness (QED) is 0.808. The minimum Gasteiger partial charge on any atom is -0.345 e. The van der Waals surface area contributed by atoms with Gasteiger partial charge in [0.2, 0.25) is 11.8 Å². The average Bonchev–Trinajstić information content (AvgIpc) is 3.32. The fourth-order valence-corrected chi connectivity index (χ4v) is 4.06. The number of carbonyl (C=O) groups excluding carboxylic acids is 2. The summed E-state index contributed by atoms with van der Waals surface area (Å²) in [6, 6.07) is 0. The molecule has 0 spiro atoms. The standard InChI is InChI=1S/C19H31N5O2/c1-22(7-5-6-15-11-21-23(2)14-15)18(25)16-10-17(13-20-12-16)19(26)24-8-3-4-9-24/h11,14,16-17,20H,3-10,12-13H2,1-2H3/t16-,17-/m0/s1. The lowest BCUT2D eigenvalue weighted by atomic mass is 9.88. The molecule has 0 unspecified atom stereocenters. The predicted molar refractivity (Wildman–Crippen MR) is 99.4 cm³/mol. The van der Waals surface area contributed by atoms with Crippen LogP contribution in [0.5, 0.6) is 0 Å². The summed E-state index contributed by atoms with van der Waals surface area (Å²) in [4.78, 5) is 29.2. The lowest BCUT2D eigenvalue weighted by Crippen LogP contribution is -2.49. The second-order valence-electron chi connectivity index (χ2n) is 7.71. The normalized spacial score (nSPS) is 23.2. The molecule has 7 nitrogen and oxygen atoms in total. The van der Waals surface area contributed by atoms with Crippen LogP contribution in [0.1, 0.15) is 31.2 Å². The van der Waals surface area contributed by atoms with Crippen molar-refractivity contribution in [1.82, 2.24) is 24.9 Å². The van der Waals surface area contributed by atoms with Crippen molar-refractivity contribution in [3.8, 4) is 0 Å². The first-order valence-electron chi connectivity index (χ1n) is 9.76. The number of carbonyl (C=O) groups is 2. The van der Waals surface area contributed by atoms with Crippen molar-refractivity contribution in [1.29, 1.82) is 0 Å². The van der Waals surface area contributed by atoms with E-state index in [4.69, 9.17) is 0 Å². The molecule has 1 aromatic heterocycles. The predicted octanol–water partition coefficient (Wildman–Crippen LogP) is 0.659. The Kier molecular flexibility index (Phi) is 6.29. The fraction of sp³-hybridized carbons (Fsp3) is 0.737. The summed E-state index contributed by atoms with van der Waals surface area (Å²) in [5, 5.41) is 7.48. The molecule has 2 atom stereocenters. The van der Waals surface area contributed by atoms with E-state index in [1.165, 1.54) is 5.56 Å². The third kappa shape index (κ3) is 4.63. The van der Waals surface area contributed by atoms with Gasteiger partial charge >= 0.3 is 0 Å². The van der Waals surface area contributed by atoms with Gasteiger partial charge in [0.25, 0.3) is 0 Å². The number of amides is 2. The van der Waals surface area contributed by atoms with E-state index in [1.807, 2.05) is 36.3 Å². The number of nitrogens with one attached hydrogen (secondary N) is 1. The van der Waals surface area contributed by atoms with Gasteiger partial charge in [-0.05, 0) is 37.7 Å². The summed E-state index contributed by atoms with van der Waals surface area (Å²) in [7, 11) is 3.78. The Hall–Kier alpha value is -1.89. The van der Waals surface area contributed by atoms with Crippen LogP contribution in [0, 0.1) is 11.8 Å². The van der Waals surface area contributed by atoms with E-state index in [0.717, 1.165) is 45.3 Å². The molecule has 1 aromatic rings. The van der Waals surface area contributed by atoms with Crippen molar-refractivity contribution in [2.24, 2.45) is 18.9 Å². The van der Waals surface area contributed by atoms with Crippen LogP contribution in [0.2, 0.25) is 0 Å². The number of piperidine rings is 1. The van der Waals surface area contributed by atoms with Gasteiger partial charge in [-0.25, -0.2) is 0 Å². The van der Waals surface area contributed by atoms with Gasteiger partial charge in [0.05, 0.1) is 18.0 Å². The molecule has 7 heteroatoms. The number of nitrogens with zero attached hydrogens (tertiary/aromatic N) is 4. The Bertz CT molecular complexity index is 623. The highest BCUT2D eigenvalue weighted by molar-refractivity contribution is 5.83. The maximum Gasteiger partial charge on any atom is 0.226 e. The molecule has 2 aliphatic heterocycles. The summed E-state index contributed by atoms with van der Waals surface area (Å²) in [6.07, 6.45) is 8.62. The molecule has 0 aliphatic carbocycles. The molecular formula is C19H31N5O2. The van der Waals surface area contributed by atoms with Crippen LogP contribution in [0.15, 0.2) is 12.4 Å². The van der Waals surface area contributed by atoms with Crippen LogP contribution in [0.25, 0.3) is 0 Å². The van der Waals surface area contributed by atoms with Crippen molar-refractivity contribution in [3.63, 3.8) is 0 Å². The summed E-state index contributed by atoms with van der Waals surface area (Å²) in [5.74, 6) is 0.234. The second kappa shape index (κ2) is 8.66. The molecule has 0 aromatic carbocycles. The number of hydrogen-bond acceptors (Lipinski definition) is 4. The number of likely N-dealkylation sites (tertiary alicyclic amines) is 1. The van der Waals surface area contributed by atoms with Crippen molar-refractivity contribution >= 4 is 11.8 Å². The number of rotatable bonds is 6. The molecule has 2 aliphatic rings. The van der Waals surface area contributed by atoms with E-state index < -0.39 is 0 Å². The third-order valence-corrected chi connectivity index (χ3v) is 5.56. The summed E-state index contributed by atoms with van der Waals surface area (Å²) in [6.45, 7) is 3.86. The average molecular weight is 361 g/mol. The topological polar surface area (TPSA) is 70.5 Å². The molecule has 2 amide bonds. The van der Waals surface area contributed by atoms with Gasteiger partial charge in [-0.2, -0.15) is 5.10 Å². The van der Waals surface area contributed by atoms with Crippen molar-refractivity contribution in [2.45, 2.75) is 32.1 Å². The molecule has 26 heavy (non-hydrogen) atoms. The zero-order valence-corrected chi connectivity index (χ0v) is 16.0. The van der Waals surface area contributed by atoms with E-state index in [9.17, 15) is 9.59 Å². The van der Waals surface area contributed by atoms with Gasteiger partial charge in [-0.15, -0.1) is 0 Å². The minimum absolute atomic E-state index is 0.0559. The van der Waals surface area contributed by atoms with Gasteiger partial charge in [0.15, 0.2) is 0 Å². The third-order valence-electron chi connectivity index (χ3n) is 5.56. The lowest BCUT2D eigenvalue weighted by molar-refractivity contribution is -0.139. The molecule has 1 N–H and O–H groups in total. The highest BCUT2D eigenvalue weighted by atomic mass is 16.2. The highest BCUT2D eigenvalue weighted by Gasteiger charge is 2.34. The SMILES string of the molecule is CN(CCCc1cnn(C)c1)C(=O)[C@@H]1CNC[C@@H](C(=O)N2CCCC2)C1. The van der Waals surface area contributed by atoms with Crippen LogP contribution in [0.4, 0.5) is 0 Å². The van der Waals surface area contributed by atoms with Crippen LogP contribution in [0.3, 0.4) is 0 Å². The Labute approximate surface area is 155 Å². The second-order valence-corrected chi connectivity index (χ2v) is 7.71. The molecule has 0 bridgehead atoms. The zero-order valence-electron chi connectivity index (χ0n) is 16.0. The number of aromatic nitrogens is 2. The largest absolute Gasteiger partial charge is 0.345 e. The Morgan fingerprint density at radius 2 is 2.00 bits per heavy atom. The van der Waals surface area contributed by atoms with E-state index >= 15 is 0 Å². The maximum atomic E-state index is 12.8. The maximum absolute atomic E-state index is 12.8. The first kappa shape index (κ1) is 18.9. The van der Waals surface area contributed by atoms with E-state index in [0.29, 0.717) is 19.5 Å². The first-order chi connectivity index (χ1) is 12.5. The van der Waals surface area contributed by atoms with E-state index in [1.54, 1.807) is 4.68 Å². The van der Waals surface area contributed by atoms with Gasteiger partial charge in [-0.1, -0.05) is 0 Å². The zero-order chi connectivity index (χ0) is 18.5. The summed E-state index contributed by atoms with van der Waals surface area (Å²) < 4.78 is 1.80. The van der Waals surface area contributed by atoms with Gasteiger partial charge in [0.1, 0.15) is 0 Å². The summed E-state index contributed by atoms with van der Waals surface area (Å²) in [5.41, 5.74) is 1.20. The minimum atomic E-state index is -0.0938. The highest BCUT2D eigenvalue weighted by Crippen LogP contribution is 2.22. The van der Waals surface area contributed by atoms with Gasteiger partial charge in [-0.3, -0.25) is 14.3 Å². The van der Waals surface area contributed by atoms with Crippen molar-refractivity contribution in [3.05, 3.63) is 18.0 Å². The molecule has 0 saturated carbocycles. The molecule has 2 fully saturated rings. The lowest BCUT2D eigenvalue weighted by Gasteiger charge is -2.33. The Morgan fingerprint density at radius 3 is 2.69 bits per heavy atom. The molecule has 3 heterocycles. The van der Waals surface area contributed by atoms with Crippen LogP contribution >= 0.6 is 0 Å². The van der Waals surface area contributed by atoms with Crippen LogP contribution < -0.4 is 5.32 Å². The summed E-state index contributed by atoms with van der Waals surface area (Å²) >= 11 is 0. The molecule has 0 radical (unpaired) electrons. The smallest absolute Gasteiger partial charge is 0.226 e. The Morgan fingerprint density at radius 1 is 1.27 bits per heavy atom. The first-order valence-corrected chi connectivity index (χ1v) is 9.76. The van der Waals surface area contributed by atoms with Crippen LogP contribution in [-0.2, 0) is 23.1 Å². The Balaban J connectivity index is 1.45. The molecule has 3 rings (SSSR count). The van der Waals surface area contributed by atoms with Crippen LogP contribution in [-0.4, -0.2) is 71.2 Å². The van der Waals surface area contributed by atoms with Gasteiger partial charge in [0, 0.05) is 53.0 Å². The monoisotopic (exact) mass is 361 g/mol. The fourth-order valence-electron chi connectivity index (χ4n) is 4.06. The van der Waals surface area contributed by atoms with Gasteiger partial charge < -0.3 is 15.1 Å². The van der Waals surface area contributed by atoms with Crippen molar-refractivity contribution < 1.29 is 9.59 Å².